The van der Waals surface area contributed by atoms with Crippen molar-refractivity contribution in [2.24, 2.45) is 0 Å². The average molecular weight is 431 g/mol. The van der Waals surface area contributed by atoms with Crippen LogP contribution < -0.4 is 4.74 Å². The molecular formula is C25H22N2O3S. The molecule has 156 valence electrons. The van der Waals surface area contributed by atoms with Gasteiger partial charge in [-0.15, -0.1) is 11.3 Å². The maximum atomic E-state index is 12.1. The molecule has 0 aliphatic heterocycles. The van der Waals surface area contributed by atoms with Crippen molar-refractivity contribution in [1.82, 2.24) is 4.98 Å². The third-order valence-corrected chi connectivity index (χ3v) is 5.53. The molecule has 5 nitrogen and oxygen atoms in total. The van der Waals surface area contributed by atoms with E-state index in [0.717, 1.165) is 32.6 Å². The lowest BCUT2D eigenvalue weighted by Crippen LogP contribution is -2.27. The molecule has 0 saturated carbocycles. The van der Waals surface area contributed by atoms with E-state index in [1.54, 1.807) is 38.2 Å². The SMILES string of the molecule is CC(C)(C)OC(=O)COc1cccc(-c2c(-c3cccs3)[nH]c3ccccc23)c1C#N. The number of aromatic nitrogens is 1. The monoisotopic (exact) mass is 430 g/mol. The molecule has 31 heavy (non-hydrogen) atoms. The van der Waals surface area contributed by atoms with Gasteiger partial charge in [-0.1, -0.05) is 36.4 Å². The van der Waals surface area contributed by atoms with Gasteiger partial charge in [0.15, 0.2) is 6.61 Å². The molecule has 0 spiro atoms. The van der Waals surface area contributed by atoms with E-state index in [2.05, 4.69) is 11.1 Å². The number of thiophene rings is 1. The summed E-state index contributed by atoms with van der Waals surface area (Å²) in [6, 6.07) is 19.8. The summed E-state index contributed by atoms with van der Waals surface area (Å²) in [6.45, 7) is 5.14. The van der Waals surface area contributed by atoms with Crippen molar-refractivity contribution in [2.45, 2.75) is 26.4 Å². The number of nitriles is 1. The van der Waals surface area contributed by atoms with Crippen molar-refractivity contribution in [1.29, 1.82) is 5.26 Å². The number of nitrogens with zero attached hydrogens (tertiary/aromatic N) is 1. The van der Waals surface area contributed by atoms with Gasteiger partial charge in [0.1, 0.15) is 23.0 Å². The highest BCUT2D eigenvalue weighted by Gasteiger charge is 2.21. The zero-order chi connectivity index (χ0) is 22.0. The zero-order valence-corrected chi connectivity index (χ0v) is 18.4. The molecule has 0 aliphatic carbocycles. The molecule has 4 aromatic rings. The van der Waals surface area contributed by atoms with Crippen LogP contribution in [0.5, 0.6) is 5.75 Å². The first kappa shape index (κ1) is 20.7. The molecule has 0 saturated heterocycles. The highest BCUT2D eigenvalue weighted by Crippen LogP contribution is 2.42. The van der Waals surface area contributed by atoms with Crippen LogP contribution in [0.2, 0.25) is 0 Å². The summed E-state index contributed by atoms with van der Waals surface area (Å²) in [5.41, 5.74) is 3.43. The number of nitrogens with one attached hydrogen (secondary N) is 1. The summed E-state index contributed by atoms with van der Waals surface area (Å²) in [5.74, 6) is -0.124. The van der Waals surface area contributed by atoms with E-state index < -0.39 is 11.6 Å². The molecule has 0 aliphatic rings. The van der Waals surface area contributed by atoms with Crippen LogP contribution in [-0.4, -0.2) is 23.2 Å². The number of carbonyl (C=O) groups excluding carboxylic acids is 1. The van der Waals surface area contributed by atoms with E-state index in [0.29, 0.717) is 11.3 Å². The van der Waals surface area contributed by atoms with Crippen LogP contribution in [0.25, 0.3) is 32.6 Å². The van der Waals surface area contributed by atoms with E-state index in [1.807, 2.05) is 53.9 Å². The van der Waals surface area contributed by atoms with E-state index in [9.17, 15) is 10.1 Å². The quantitative estimate of drug-likeness (QED) is 0.385. The average Bonchev–Trinajstić information content (AvgIpc) is 3.38. The highest BCUT2D eigenvalue weighted by molar-refractivity contribution is 7.13. The molecule has 0 radical (unpaired) electrons. The van der Waals surface area contributed by atoms with Crippen LogP contribution in [0.3, 0.4) is 0 Å². The Hall–Kier alpha value is -3.56. The van der Waals surface area contributed by atoms with Crippen LogP contribution in [0.1, 0.15) is 26.3 Å². The van der Waals surface area contributed by atoms with Gasteiger partial charge in [0, 0.05) is 22.0 Å². The molecule has 2 aromatic heterocycles. The number of para-hydroxylation sites is 1. The maximum Gasteiger partial charge on any atom is 0.344 e. The second-order valence-corrected chi connectivity index (χ2v) is 9.01. The molecule has 4 rings (SSSR count). The van der Waals surface area contributed by atoms with E-state index in [-0.39, 0.29) is 6.61 Å². The number of rotatable bonds is 5. The van der Waals surface area contributed by atoms with Crippen molar-refractivity contribution in [3.8, 4) is 33.5 Å². The van der Waals surface area contributed by atoms with Gasteiger partial charge in [-0.2, -0.15) is 5.26 Å². The maximum absolute atomic E-state index is 12.1. The minimum absolute atomic E-state index is 0.263. The molecule has 2 heterocycles. The van der Waals surface area contributed by atoms with E-state index in [1.165, 1.54) is 0 Å². The summed E-state index contributed by atoms with van der Waals surface area (Å²) >= 11 is 1.63. The lowest BCUT2D eigenvalue weighted by atomic mass is 9.96. The summed E-state index contributed by atoms with van der Waals surface area (Å²) in [6.07, 6.45) is 0. The number of esters is 1. The molecule has 2 aromatic carbocycles. The first-order valence-corrected chi connectivity index (χ1v) is 10.8. The summed E-state index contributed by atoms with van der Waals surface area (Å²) < 4.78 is 11.0. The Kier molecular flexibility index (Phi) is 5.53. The Bertz CT molecular complexity index is 1270. The zero-order valence-electron chi connectivity index (χ0n) is 17.6. The highest BCUT2D eigenvalue weighted by atomic mass is 32.1. The Labute approximate surface area is 184 Å². The Balaban J connectivity index is 1.79. The fourth-order valence-corrected chi connectivity index (χ4v) is 4.24. The third kappa shape index (κ3) is 4.32. The first-order valence-electron chi connectivity index (χ1n) is 9.90. The van der Waals surface area contributed by atoms with Crippen molar-refractivity contribution in [3.05, 3.63) is 65.5 Å². The second kappa shape index (κ2) is 8.29. The molecule has 0 atom stereocenters. The molecule has 6 heteroatoms. The van der Waals surface area contributed by atoms with Crippen molar-refractivity contribution in [2.75, 3.05) is 6.61 Å². The summed E-state index contributed by atoms with van der Waals surface area (Å²) in [7, 11) is 0. The minimum atomic E-state index is -0.597. The number of fused-ring (bicyclic) bond motifs is 1. The van der Waals surface area contributed by atoms with Gasteiger partial charge in [-0.25, -0.2) is 4.79 Å². The topological polar surface area (TPSA) is 75.1 Å². The van der Waals surface area contributed by atoms with Crippen LogP contribution in [0, 0.1) is 11.3 Å². The van der Waals surface area contributed by atoms with Gasteiger partial charge in [0.25, 0.3) is 0 Å². The largest absolute Gasteiger partial charge is 0.480 e. The first-order chi connectivity index (χ1) is 14.9. The molecule has 0 amide bonds. The smallest absolute Gasteiger partial charge is 0.344 e. The number of H-pyrrole nitrogens is 1. The van der Waals surface area contributed by atoms with Gasteiger partial charge in [-0.3, -0.25) is 0 Å². The minimum Gasteiger partial charge on any atom is -0.480 e. The Morgan fingerprint density at radius 3 is 2.61 bits per heavy atom. The van der Waals surface area contributed by atoms with E-state index >= 15 is 0 Å². The lowest BCUT2D eigenvalue weighted by Gasteiger charge is -2.19. The summed E-state index contributed by atoms with van der Waals surface area (Å²) in [5, 5.41) is 13.0. The van der Waals surface area contributed by atoms with Crippen LogP contribution in [0.4, 0.5) is 0 Å². The summed E-state index contributed by atoms with van der Waals surface area (Å²) in [4.78, 5) is 16.7. The van der Waals surface area contributed by atoms with Gasteiger partial charge in [0.2, 0.25) is 0 Å². The molecule has 0 fully saturated rings. The Morgan fingerprint density at radius 1 is 1.10 bits per heavy atom. The predicted octanol–water partition coefficient (Wildman–Crippen LogP) is 6.16. The number of hydrogen-bond donors (Lipinski definition) is 1. The normalized spacial score (nSPS) is 11.3. The molecule has 0 bridgehead atoms. The molecular weight excluding hydrogens is 408 g/mol. The second-order valence-electron chi connectivity index (χ2n) is 8.06. The van der Waals surface area contributed by atoms with Gasteiger partial charge < -0.3 is 14.5 Å². The van der Waals surface area contributed by atoms with E-state index in [4.69, 9.17) is 9.47 Å². The lowest BCUT2D eigenvalue weighted by molar-refractivity contribution is -0.157. The molecule has 0 unspecified atom stereocenters. The standard InChI is InChI=1S/C25H22N2O3S/c1-25(2,3)30-22(28)15-29-20-11-6-9-16(18(20)14-26)23-17-8-4-5-10-19(17)27-24(23)21-12-7-13-31-21/h4-13,27H,15H2,1-3H3. The fourth-order valence-electron chi connectivity index (χ4n) is 3.51. The van der Waals surface area contributed by atoms with Crippen LogP contribution in [0.15, 0.2) is 60.0 Å². The predicted molar refractivity (Wildman–Crippen MR) is 123 cm³/mol. The number of carbonyl (C=O) groups is 1. The van der Waals surface area contributed by atoms with Crippen LogP contribution >= 0.6 is 11.3 Å². The van der Waals surface area contributed by atoms with Gasteiger partial charge in [0.05, 0.1) is 10.6 Å². The number of benzene rings is 2. The molecule has 1 N–H and O–H groups in total. The Morgan fingerprint density at radius 2 is 1.90 bits per heavy atom. The number of aromatic amines is 1. The van der Waals surface area contributed by atoms with Crippen molar-refractivity contribution >= 4 is 28.2 Å². The number of ether oxygens (including phenoxy) is 2. The van der Waals surface area contributed by atoms with Gasteiger partial charge >= 0.3 is 5.97 Å². The fraction of sp³-hybridized carbons (Fsp3) is 0.200. The van der Waals surface area contributed by atoms with Gasteiger partial charge in [-0.05, 0) is 44.4 Å². The van der Waals surface area contributed by atoms with Crippen LogP contribution in [-0.2, 0) is 9.53 Å². The third-order valence-electron chi connectivity index (χ3n) is 4.65. The van der Waals surface area contributed by atoms with Crippen molar-refractivity contribution in [3.63, 3.8) is 0 Å². The van der Waals surface area contributed by atoms with Crippen molar-refractivity contribution < 1.29 is 14.3 Å². The number of hydrogen-bond acceptors (Lipinski definition) is 5.